The van der Waals surface area contributed by atoms with Crippen molar-refractivity contribution in [1.82, 2.24) is 4.98 Å². The fraction of sp³-hybridized carbons (Fsp3) is 0.154. The van der Waals surface area contributed by atoms with Crippen molar-refractivity contribution in [2.45, 2.75) is 11.8 Å². The topological polar surface area (TPSA) is 24.9 Å². The second-order valence-electron chi connectivity index (χ2n) is 3.44. The summed E-state index contributed by atoms with van der Waals surface area (Å²) in [6, 6.07) is 12.3. The SMILES string of the molecule is CCSc1ccc(Nc2ccc(Br)cn2)cc1. The number of nitrogens with zero attached hydrogens (tertiary/aromatic N) is 1. The van der Waals surface area contributed by atoms with E-state index in [1.165, 1.54) is 4.90 Å². The number of halogens is 1. The third-order valence-corrected chi connectivity index (χ3v) is 3.53. The van der Waals surface area contributed by atoms with Crippen LogP contribution in [0.5, 0.6) is 0 Å². The number of benzene rings is 1. The lowest BCUT2D eigenvalue weighted by Crippen LogP contribution is -1.92. The first-order chi connectivity index (χ1) is 8.28. The Labute approximate surface area is 114 Å². The first-order valence-electron chi connectivity index (χ1n) is 5.39. The Hall–Kier alpha value is -1.00. The number of pyridine rings is 1. The van der Waals surface area contributed by atoms with Gasteiger partial charge in [-0.25, -0.2) is 4.98 Å². The predicted octanol–water partition coefficient (Wildman–Crippen LogP) is 4.70. The van der Waals surface area contributed by atoms with Crippen molar-refractivity contribution in [2.24, 2.45) is 0 Å². The Morgan fingerprint density at radius 2 is 1.94 bits per heavy atom. The zero-order valence-corrected chi connectivity index (χ0v) is 11.9. The maximum absolute atomic E-state index is 4.27. The van der Waals surface area contributed by atoms with Crippen molar-refractivity contribution in [3.05, 3.63) is 47.1 Å². The van der Waals surface area contributed by atoms with Crippen LogP contribution in [-0.2, 0) is 0 Å². The minimum atomic E-state index is 0.851. The fourth-order valence-corrected chi connectivity index (χ4v) is 2.30. The lowest BCUT2D eigenvalue weighted by molar-refractivity contribution is 1.29. The molecule has 0 aliphatic carbocycles. The van der Waals surface area contributed by atoms with Crippen LogP contribution in [0.2, 0.25) is 0 Å². The largest absolute Gasteiger partial charge is 0.340 e. The second-order valence-corrected chi connectivity index (χ2v) is 5.70. The summed E-state index contributed by atoms with van der Waals surface area (Å²) in [5.41, 5.74) is 1.06. The highest BCUT2D eigenvalue weighted by Gasteiger charge is 1.97. The van der Waals surface area contributed by atoms with E-state index in [-0.39, 0.29) is 0 Å². The quantitative estimate of drug-likeness (QED) is 0.829. The van der Waals surface area contributed by atoms with E-state index < -0.39 is 0 Å². The van der Waals surface area contributed by atoms with Gasteiger partial charge in [-0.2, -0.15) is 0 Å². The van der Waals surface area contributed by atoms with Crippen molar-refractivity contribution in [1.29, 1.82) is 0 Å². The summed E-state index contributed by atoms with van der Waals surface area (Å²) >= 11 is 5.21. The molecule has 1 heterocycles. The summed E-state index contributed by atoms with van der Waals surface area (Å²) in [7, 11) is 0. The molecule has 2 aromatic rings. The monoisotopic (exact) mass is 308 g/mol. The van der Waals surface area contributed by atoms with Crippen LogP contribution in [0.1, 0.15) is 6.92 Å². The van der Waals surface area contributed by atoms with Gasteiger partial charge in [0.25, 0.3) is 0 Å². The van der Waals surface area contributed by atoms with E-state index in [1.54, 1.807) is 6.20 Å². The molecule has 0 aliphatic rings. The van der Waals surface area contributed by atoms with Crippen molar-refractivity contribution < 1.29 is 0 Å². The van der Waals surface area contributed by atoms with E-state index in [2.05, 4.69) is 57.4 Å². The van der Waals surface area contributed by atoms with E-state index in [4.69, 9.17) is 0 Å². The first kappa shape index (κ1) is 12.5. The van der Waals surface area contributed by atoms with Gasteiger partial charge in [0, 0.05) is 21.3 Å². The van der Waals surface area contributed by atoms with Crippen LogP contribution in [0.3, 0.4) is 0 Å². The van der Waals surface area contributed by atoms with Crippen molar-refractivity contribution >= 4 is 39.2 Å². The maximum Gasteiger partial charge on any atom is 0.130 e. The smallest absolute Gasteiger partial charge is 0.130 e. The Balaban J connectivity index is 2.05. The molecule has 0 unspecified atom stereocenters. The van der Waals surface area contributed by atoms with Gasteiger partial charge in [0.2, 0.25) is 0 Å². The molecule has 1 N–H and O–H groups in total. The van der Waals surface area contributed by atoms with Crippen LogP contribution < -0.4 is 5.32 Å². The summed E-state index contributed by atoms with van der Waals surface area (Å²) in [5, 5.41) is 3.26. The van der Waals surface area contributed by atoms with Crippen molar-refractivity contribution in [3.63, 3.8) is 0 Å². The molecular formula is C13H13BrN2S. The molecule has 1 aromatic heterocycles. The molecule has 4 heteroatoms. The molecule has 0 radical (unpaired) electrons. The van der Waals surface area contributed by atoms with Crippen LogP contribution in [0.4, 0.5) is 11.5 Å². The van der Waals surface area contributed by atoms with Gasteiger partial charge in [-0.1, -0.05) is 6.92 Å². The molecule has 2 nitrogen and oxygen atoms in total. The summed E-state index contributed by atoms with van der Waals surface area (Å²) in [5.74, 6) is 1.95. The van der Waals surface area contributed by atoms with Crippen LogP contribution in [0.15, 0.2) is 52.0 Å². The first-order valence-corrected chi connectivity index (χ1v) is 7.17. The zero-order chi connectivity index (χ0) is 12.1. The molecule has 0 fully saturated rings. The van der Waals surface area contributed by atoms with Gasteiger partial charge >= 0.3 is 0 Å². The Morgan fingerprint density at radius 3 is 2.53 bits per heavy atom. The Morgan fingerprint density at radius 1 is 1.18 bits per heavy atom. The maximum atomic E-state index is 4.27. The number of nitrogens with one attached hydrogen (secondary N) is 1. The zero-order valence-electron chi connectivity index (χ0n) is 9.48. The molecular weight excluding hydrogens is 296 g/mol. The van der Waals surface area contributed by atoms with Crippen molar-refractivity contribution in [2.75, 3.05) is 11.1 Å². The van der Waals surface area contributed by atoms with E-state index in [9.17, 15) is 0 Å². The normalized spacial score (nSPS) is 10.2. The van der Waals surface area contributed by atoms with Gasteiger partial charge in [-0.15, -0.1) is 11.8 Å². The molecule has 88 valence electrons. The Kier molecular flexibility index (Phi) is 4.45. The molecule has 2 rings (SSSR count). The number of hydrogen-bond acceptors (Lipinski definition) is 3. The molecule has 0 amide bonds. The summed E-state index contributed by atoms with van der Waals surface area (Å²) in [6.07, 6.45) is 1.78. The summed E-state index contributed by atoms with van der Waals surface area (Å²) in [4.78, 5) is 5.56. The van der Waals surface area contributed by atoms with Gasteiger partial charge in [0.1, 0.15) is 5.82 Å². The number of rotatable bonds is 4. The van der Waals surface area contributed by atoms with Crippen LogP contribution in [-0.4, -0.2) is 10.7 Å². The van der Waals surface area contributed by atoms with Crippen LogP contribution in [0, 0.1) is 0 Å². The molecule has 0 aliphatic heterocycles. The highest BCUT2D eigenvalue weighted by molar-refractivity contribution is 9.10. The molecule has 0 atom stereocenters. The van der Waals surface area contributed by atoms with E-state index in [1.807, 2.05) is 23.9 Å². The van der Waals surface area contributed by atoms with E-state index in [0.717, 1.165) is 21.7 Å². The minimum absolute atomic E-state index is 0.851. The van der Waals surface area contributed by atoms with Gasteiger partial charge in [-0.05, 0) is 58.1 Å². The van der Waals surface area contributed by atoms with Gasteiger partial charge < -0.3 is 5.32 Å². The molecule has 0 saturated heterocycles. The summed E-state index contributed by atoms with van der Waals surface area (Å²) < 4.78 is 0.984. The molecule has 0 bridgehead atoms. The predicted molar refractivity (Wildman–Crippen MR) is 78.1 cm³/mol. The molecule has 17 heavy (non-hydrogen) atoms. The van der Waals surface area contributed by atoms with E-state index in [0.29, 0.717) is 0 Å². The number of hydrogen-bond donors (Lipinski definition) is 1. The van der Waals surface area contributed by atoms with Gasteiger partial charge in [-0.3, -0.25) is 0 Å². The highest BCUT2D eigenvalue weighted by atomic mass is 79.9. The van der Waals surface area contributed by atoms with Crippen molar-refractivity contribution in [3.8, 4) is 0 Å². The third-order valence-electron chi connectivity index (χ3n) is 2.17. The lowest BCUT2D eigenvalue weighted by Gasteiger charge is -2.06. The highest BCUT2D eigenvalue weighted by Crippen LogP contribution is 2.22. The van der Waals surface area contributed by atoms with Crippen LogP contribution in [0.25, 0.3) is 0 Å². The number of aromatic nitrogens is 1. The average molecular weight is 309 g/mol. The molecule has 0 spiro atoms. The number of thioether (sulfide) groups is 1. The standard InChI is InChI=1S/C13H13BrN2S/c1-2-17-12-6-4-11(5-7-12)16-13-8-3-10(14)9-15-13/h3-9H,2H2,1H3,(H,15,16). The summed E-state index contributed by atoms with van der Waals surface area (Å²) in [6.45, 7) is 2.16. The van der Waals surface area contributed by atoms with E-state index >= 15 is 0 Å². The van der Waals surface area contributed by atoms with Gasteiger partial charge in [0.05, 0.1) is 0 Å². The molecule has 1 aromatic carbocycles. The lowest BCUT2D eigenvalue weighted by atomic mass is 10.3. The average Bonchev–Trinajstić information content (AvgIpc) is 2.35. The Bertz CT molecular complexity index is 468. The van der Waals surface area contributed by atoms with Crippen LogP contribution >= 0.6 is 27.7 Å². The fourth-order valence-electron chi connectivity index (χ4n) is 1.40. The molecule has 0 saturated carbocycles. The second kappa shape index (κ2) is 6.07. The van der Waals surface area contributed by atoms with Gasteiger partial charge in [0.15, 0.2) is 0 Å². The minimum Gasteiger partial charge on any atom is -0.340 e. The third kappa shape index (κ3) is 3.75. The number of anilines is 2.